The average Bonchev–Trinajstić information content (AvgIpc) is 3.15. The fraction of sp³-hybridized carbons (Fsp3) is 0.200. The van der Waals surface area contributed by atoms with Crippen LogP contribution in [0.4, 0.5) is 13.9 Å². The van der Waals surface area contributed by atoms with E-state index >= 15 is 0 Å². The predicted octanol–water partition coefficient (Wildman–Crippen LogP) is 4.05. The Balaban J connectivity index is 1.65. The quantitative estimate of drug-likeness (QED) is 0.771. The first-order valence-corrected chi connectivity index (χ1v) is 7.57. The number of halogens is 2. The Labute approximate surface area is 130 Å². The van der Waals surface area contributed by atoms with E-state index in [9.17, 15) is 8.78 Å². The Kier molecular flexibility index (Phi) is 3.89. The maximum absolute atomic E-state index is 13.1. The highest BCUT2D eigenvalue weighted by molar-refractivity contribution is 7.13. The zero-order valence-corrected chi connectivity index (χ0v) is 12.6. The molecule has 7 heteroatoms. The molecule has 0 radical (unpaired) electrons. The van der Waals surface area contributed by atoms with Gasteiger partial charge in [0.1, 0.15) is 5.69 Å². The highest BCUT2D eigenvalue weighted by Crippen LogP contribution is 2.29. The Morgan fingerprint density at radius 1 is 1.27 bits per heavy atom. The third kappa shape index (κ3) is 3.30. The molecular formula is C15H14F2N4S. The molecule has 114 valence electrons. The third-order valence-electron chi connectivity index (χ3n) is 3.05. The summed E-state index contributed by atoms with van der Waals surface area (Å²) in [6.07, 6.45) is 3.63. The number of nitrogens with zero attached hydrogens (tertiary/aromatic N) is 3. The van der Waals surface area contributed by atoms with Gasteiger partial charge in [-0.1, -0.05) is 18.2 Å². The van der Waals surface area contributed by atoms with Crippen LogP contribution >= 0.6 is 11.3 Å². The van der Waals surface area contributed by atoms with Gasteiger partial charge in [0.25, 0.3) is 5.92 Å². The highest BCUT2D eigenvalue weighted by Gasteiger charge is 2.27. The molecule has 3 aromatic rings. The molecule has 0 atom stereocenters. The maximum atomic E-state index is 13.1. The van der Waals surface area contributed by atoms with Gasteiger partial charge < -0.3 is 5.32 Å². The molecule has 2 heterocycles. The zero-order chi connectivity index (χ0) is 15.6. The molecule has 1 aromatic carbocycles. The monoisotopic (exact) mass is 320 g/mol. The summed E-state index contributed by atoms with van der Waals surface area (Å²) in [5, 5.41) is 9.17. The second-order valence-corrected chi connectivity index (χ2v) is 5.77. The lowest BCUT2D eigenvalue weighted by molar-refractivity contribution is 0.0135. The van der Waals surface area contributed by atoms with E-state index in [1.807, 2.05) is 36.5 Å². The van der Waals surface area contributed by atoms with Crippen LogP contribution in [0.15, 0.2) is 48.1 Å². The molecule has 3 rings (SSSR count). The number of alkyl halides is 2. The fourth-order valence-electron chi connectivity index (χ4n) is 1.91. The van der Waals surface area contributed by atoms with Crippen molar-refractivity contribution in [2.24, 2.45) is 0 Å². The van der Waals surface area contributed by atoms with E-state index in [0.29, 0.717) is 11.7 Å². The molecule has 22 heavy (non-hydrogen) atoms. The van der Waals surface area contributed by atoms with Gasteiger partial charge in [-0.3, -0.25) is 0 Å². The lowest BCUT2D eigenvalue weighted by Gasteiger charge is -2.05. The summed E-state index contributed by atoms with van der Waals surface area (Å²) in [5.74, 6) is -2.91. The molecule has 1 N–H and O–H groups in total. The SMILES string of the molecule is CC(F)(F)c1csc(NCc2cnn(-c3ccccc3)c2)n1. The van der Waals surface area contributed by atoms with Crippen molar-refractivity contribution in [3.8, 4) is 5.69 Å². The van der Waals surface area contributed by atoms with Gasteiger partial charge in [-0.05, 0) is 12.1 Å². The van der Waals surface area contributed by atoms with E-state index in [0.717, 1.165) is 18.2 Å². The van der Waals surface area contributed by atoms with Crippen LogP contribution in [0, 0.1) is 0 Å². The number of hydrogen-bond acceptors (Lipinski definition) is 4. The number of anilines is 1. The van der Waals surface area contributed by atoms with E-state index in [4.69, 9.17) is 0 Å². The van der Waals surface area contributed by atoms with Gasteiger partial charge >= 0.3 is 0 Å². The minimum Gasteiger partial charge on any atom is -0.357 e. The van der Waals surface area contributed by atoms with Crippen LogP contribution in [0.25, 0.3) is 5.69 Å². The first-order valence-electron chi connectivity index (χ1n) is 6.69. The van der Waals surface area contributed by atoms with Crippen LogP contribution in [-0.2, 0) is 12.5 Å². The van der Waals surface area contributed by atoms with E-state index in [-0.39, 0.29) is 5.69 Å². The van der Waals surface area contributed by atoms with Crippen LogP contribution in [0.1, 0.15) is 18.2 Å². The predicted molar refractivity (Wildman–Crippen MR) is 82.6 cm³/mol. The van der Waals surface area contributed by atoms with Crippen LogP contribution < -0.4 is 5.32 Å². The van der Waals surface area contributed by atoms with Crippen LogP contribution in [-0.4, -0.2) is 14.8 Å². The molecule has 0 aliphatic rings. The van der Waals surface area contributed by atoms with Gasteiger partial charge in [-0.15, -0.1) is 11.3 Å². The van der Waals surface area contributed by atoms with Gasteiger partial charge in [0.2, 0.25) is 0 Å². The van der Waals surface area contributed by atoms with Gasteiger partial charge in [0.15, 0.2) is 5.13 Å². The normalized spacial score (nSPS) is 11.6. The van der Waals surface area contributed by atoms with Crippen molar-refractivity contribution in [2.45, 2.75) is 19.4 Å². The molecule has 2 aromatic heterocycles. The number of hydrogen-bond donors (Lipinski definition) is 1. The van der Waals surface area contributed by atoms with Gasteiger partial charge in [-0.25, -0.2) is 9.67 Å². The van der Waals surface area contributed by atoms with Gasteiger partial charge in [0.05, 0.1) is 11.9 Å². The Bertz CT molecular complexity index is 746. The van der Waals surface area contributed by atoms with Crippen LogP contribution in [0.2, 0.25) is 0 Å². The molecule has 0 bridgehead atoms. The summed E-state index contributed by atoms with van der Waals surface area (Å²) < 4.78 is 28.0. The smallest absolute Gasteiger partial charge is 0.287 e. The zero-order valence-electron chi connectivity index (χ0n) is 11.8. The number of nitrogens with one attached hydrogen (secondary N) is 1. The summed E-state index contributed by atoms with van der Waals surface area (Å²) in [7, 11) is 0. The number of rotatable bonds is 5. The lowest BCUT2D eigenvalue weighted by Crippen LogP contribution is -2.07. The van der Waals surface area contributed by atoms with Crippen molar-refractivity contribution < 1.29 is 8.78 Å². The van der Waals surface area contributed by atoms with Crippen LogP contribution in [0.5, 0.6) is 0 Å². The van der Waals surface area contributed by atoms with Crippen LogP contribution in [0.3, 0.4) is 0 Å². The van der Waals surface area contributed by atoms with Gasteiger partial charge in [-0.2, -0.15) is 13.9 Å². The first kappa shape index (κ1) is 14.6. The molecule has 0 aliphatic carbocycles. The van der Waals surface area contributed by atoms with E-state index in [2.05, 4.69) is 15.4 Å². The maximum Gasteiger partial charge on any atom is 0.287 e. The van der Waals surface area contributed by atoms with E-state index in [1.54, 1.807) is 10.9 Å². The summed E-state index contributed by atoms with van der Waals surface area (Å²) in [6, 6.07) is 9.74. The second-order valence-electron chi connectivity index (χ2n) is 4.91. The fourth-order valence-corrected chi connectivity index (χ4v) is 2.70. The number of para-hydroxylation sites is 1. The number of benzene rings is 1. The van der Waals surface area contributed by atoms with Crippen molar-refractivity contribution in [1.29, 1.82) is 0 Å². The van der Waals surface area contributed by atoms with Gasteiger partial charge in [0, 0.05) is 30.6 Å². The molecular weight excluding hydrogens is 306 g/mol. The Morgan fingerprint density at radius 2 is 2.05 bits per heavy atom. The second kappa shape index (κ2) is 5.84. The molecule has 0 unspecified atom stereocenters. The Hall–Kier alpha value is -2.28. The average molecular weight is 320 g/mol. The molecule has 0 saturated heterocycles. The van der Waals surface area contributed by atoms with Crippen molar-refractivity contribution in [3.05, 3.63) is 59.4 Å². The molecule has 4 nitrogen and oxygen atoms in total. The molecule has 0 aliphatic heterocycles. The van der Waals surface area contributed by atoms with Crippen molar-refractivity contribution in [3.63, 3.8) is 0 Å². The summed E-state index contributed by atoms with van der Waals surface area (Å²) in [6.45, 7) is 1.32. The highest BCUT2D eigenvalue weighted by atomic mass is 32.1. The number of aromatic nitrogens is 3. The summed E-state index contributed by atoms with van der Waals surface area (Å²) >= 11 is 1.17. The summed E-state index contributed by atoms with van der Waals surface area (Å²) in [4.78, 5) is 3.89. The molecule has 0 amide bonds. The standard InChI is InChI=1S/C15H14F2N4S/c1-15(16,17)13-10-22-14(20-13)18-7-11-8-19-21(9-11)12-5-3-2-4-6-12/h2-6,8-10H,7H2,1H3,(H,18,20). The molecule has 0 saturated carbocycles. The minimum absolute atomic E-state index is 0.208. The van der Waals surface area contributed by atoms with E-state index < -0.39 is 5.92 Å². The Morgan fingerprint density at radius 3 is 2.73 bits per heavy atom. The van der Waals surface area contributed by atoms with Crippen molar-refractivity contribution >= 4 is 16.5 Å². The molecule has 0 fully saturated rings. The summed E-state index contributed by atoms with van der Waals surface area (Å²) in [5.41, 5.74) is 1.71. The van der Waals surface area contributed by atoms with Crippen molar-refractivity contribution in [2.75, 3.05) is 5.32 Å². The molecule has 0 spiro atoms. The first-order chi connectivity index (χ1) is 10.5. The topological polar surface area (TPSA) is 42.7 Å². The number of thiazole rings is 1. The minimum atomic E-state index is -2.91. The third-order valence-corrected chi connectivity index (χ3v) is 3.85. The van der Waals surface area contributed by atoms with Crippen molar-refractivity contribution in [1.82, 2.24) is 14.8 Å². The van der Waals surface area contributed by atoms with E-state index in [1.165, 1.54) is 16.7 Å². The largest absolute Gasteiger partial charge is 0.357 e. The lowest BCUT2D eigenvalue weighted by atomic mass is 10.3.